The van der Waals surface area contributed by atoms with Crippen LogP contribution in [-0.4, -0.2) is 19.3 Å². The molecule has 0 aliphatic heterocycles. The lowest BCUT2D eigenvalue weighted by Gasteiger charge is -2.10. The second kappa shape index (κ2) is 7.56. The molecular weight excluding hydrogens is 280 g/mol. The van der Waals surface area contributed by atoms with E-state index in [2.05, 4.69) is 35.1 Å². The Morgan fingerprint density at radius 2 is 2.12 bits per heavy atom. The van der Waals surface area contributed by atoms with Crippen molar-refractivity contribution in [1.29, 1.82) is 0 Å². The molecule has 1 rings (SSSR count). The Labute approximate surface area is 112 Å². The van der Waals surface area contributed by atoms with Gasteiger partial charge in [0.25, 0.3) is 0 Å². The first-order valence-corrected chi connectivity index (χ1v) is 6.79. The zero-order valence-corrected chi connectivity index (χ0v) is 12.1. The van der Waals surface area contributed by atoms with E-state index in [-0.39, 0.29) is 0 Å². The maximum absolute atomic E-state index is 5.68. The summed E-state index contributed by atoms with van der Waals surface area (Å²) in [5.41, 5.74) is 7.53. The van der Waals surface area contributed by atoms with Crippen LogP contribution in [0.4, 0.5) is 11.4 Å². The van der Waals surface area contributed by atoms with Gasteiger partial charge in [0.1, 0.15) is 0 Å². The molecule has 0 aromatic heterocycles. The Balaban J connectivity index is 2.18. The molecule has 0 atom stereocenters. The molecule has 0 amide bonds. The molecule has 0 spiro atoms. The third-order valence-electron chi connectivity index (χ3n) is 2.33. The molecule has 0 aliphatic carbocycles. The number of hydrogen-bond donors (Lipinski definition) is 2. The van der Waals surface area contributed by atoms with Gasteiger partial charge in [-0.3, -0.25) is 0 Å². The first-order chi connectivity index (χ1) is 8.09. The van der Waals surface area contributed by atoms with Crippen LogP contribution in [-0.2, 0) is 4.74 Å². The average molecular weight is 301 g/mol. The van der Waals surface area contributed by atoms with Crippen molar-refractivity contribution in [1.82, 2.24) is 0 Å². The summed E-state index contributed by atoms with van der Waals surface area (Å²) in [7, 11) is 0. The monoisotopic (exact) mass is 300 g/mol. The molecule has 1 aromatic rings. The Hall–Kier alpha value is -0.740. The van der Waals surface area contributed by atoms with Gasteiger partial charge in [-0.15, -0.1) is 0 Å². The van der Waals surface area contributed by atoms with E-state index >= 15 is 0 Å². The summed E-state index contributed by atoms with van der Waals surface area (Å²) < 4.78 is 6.49. The molecule has 0 aliphatic rings. The number of hydrogen-bond acceptors (Lipinski definition) is 3. The minimum atomic E-state index is 0.328. The fraction of sp³-hybridized carbons (Fsp3) is 0.538. The topological polar surface area (TPSA) is 47.3 Å². The molecule has 0 fully saturated rings. The predicted octanol–water partition coefficient (Wildman–Crippen LogP) is 3.65. The van der Waals surface area contributed by atoms with Crippen LogP contribution in [0.3, 0.4) is 0 Å². The van der Waals surface area contributed by atoms with Gasteiger partial charge in [-0.1, -0.05) is 0 Å². The molecule has 1 aromatic carbocycles. The lowest BCUT2D eigenvalue weighted by Crippen LogP contribution is -2.07. The first kappa shape index (κ1) is 14.3. The summed E-state index contributed by atoms with van der Waals surface area (Å²) in [6.45, 7) is 5.90. The van der Waals surface area contributed by atoms with Gasteiger partial charge in [0.15, 0.2) is 0 Å². The van der Waals surface area contributed by atoms with Crippen molar-refractivity contribution in [2.24, 2.45) is 0 Å². The summed E-state index contributed by atoms with van der Waals surface area (Å²) >= 11 is 3.48. The third kappa shape index (κ3) is 5.94. The van der Waals surface area contributed by atoms with Crippen molar-refractivity contribution in [2.75, 3.05) is 24.2 Å². The highest BCUT2D eigenvalue weighted by molar-refractivity contribution is 9.10. The predicted molar refractivity (Wildman–Crippen MR) is 77.4 cm³/mol. The fourth-order valence-electron chi connectivity index (χ4n) is 1.44. The van der Waals surface area contributed by atoms with Gasteiger partial charge in [-0.2, -0.15) is 0 Å². The molecule has 0 bridgehead atoms. The van der Waals surface area contributed by atoms with E-state index in [4.69, 9.17) is 10.5 Å². The number of rotatable bonds is 7. The normalized spacial score (nSPS) is 10.8. The van der Waals surface area contributed by atoms with Crippen LogP contribution in [0.2, 0.25) is 0 Å². The molecule has 0 heterocycles. The van der Waals surface area contributed by atoms with Gasteiger partial charge >= 0.3 is 0 Å². The number of nitrogens with one attached hydrogen (secondary N) is 1. The van der Waals surface area contributed by atoms with Crippen molar-refractivity contribution in [3.05, 3.63) is 22.7 Å². The van der Waals surface area contributed by atoms with Gasteiger partial charge in [-0.05, 0) is 60.8 Å². The van der Waals surface area contributed by atoms with E-state index < -0.39 is 0 Å². The minimum absolute atomic E-state index is 0.328. The summed E-state index contributed by atoms with van der Waals surface area (Å²) in [4.78, 5) is 0. The number of ether oxygens (including phenoxy) is 1. The molecule has 0 saturated carbocycles. The molecule has 3 nitrogen and oxygen atoms in total. The summed E-state index contributed by atoms with van der Waals surface area (Å²) in [6.07, 6.45) is 2.51. The van der Waals surface area contributed by atoms with Crippen molar-refractivity contribution < 1.29 is 4.74 Å². The van der Waals surface area contributed by atoms with Crippen LogP contribution >= 0.6 is 15.9 Å². The Bertz CT molecular complexity index is 342. The Morgan fingerprint density at radius 1 is 1.35 bits per heavy atom. The number of unbranched alkanes of at least 4 members (excludes halogenated alkanes) is 1. The highest BCUT2D eigenvalue weighted by Crippen LogP contribution is 2.24. The maximum atomic E-state index is 5.68. The van der Waals surface area contributed by atoms with E-state index in [0.29, 0.717) is 6.10 Å². The van der Waals surface area contributed by atoms with Gasteiger partial charge < -0.3 is 15.8 Å². The number of benzene rings is 1. The first-order valence-electron chi connectivity index (χ1n) is 6.00. The van der Waals surface area contributed by atoms with Crippen molar-refractivity contribution in [2.45, 2.75) is 32.8 Å². The van der Waals surface area contributed by atoms with Crippen LogP contribution in [0.25, 0.3) is 0 Å². The Morgan fingerprint density at radius 3 is 2.76 bits per heavy atom. The smallest absolute Gasteiger partial charge is 0.0518 e. The summed E-state index contributed by atoms with van der Waals surface area (Å²) in [5, 5.41) is 3.37. The van der Waals surface area contributed by atoms with E-state index in [0.717, 1.165) is 41.8 Å². The number of nitrogens with two attached hydrogens (primary N) is 1. The highest BCUT2D eigenvalue weighted by Gasteiger charge is 1.99. The Kier molecular flexibility index (Phi) is 6.37. The van der Waals surface area contributed by atoms with Crippen LogP contribution in [0.1, 0.15) is 26.7 Å². The van der Waals surface area contributed by atoms with E-state index in [9.17, 15) is 0 Å². The molecule has 0 radical (unpaired) electrons. The largest absolute Gasteiger partial charge is 0.399 e. The summed E-state index contributed by atoms with van der Waals surface area (Å²) in [5.74, 6) is 0. The molecule has 3 N–H and O–H groups in total. The SMILES string of the molecule is CC(C)OCCCCNc1ccc(N)cc1Br. The molecule has 96 valence electrons. The highest BCUT2D eigenvalue weighted by atomic mass is 79.9. The minimum Gasteiger partial charge on any atom is -0.399 e. The van der Waals surface area contributed by atoms with Crippen LogP contribution in [0.5, 0.6) is 0 Å². The average Bonchev–Trinajstić information content (AvgIpc) is 2.25. The zero-order chi connectivity index (χ0) is 12.7. The zero-order valence-electron chi connectivity index (χ0n) is 10.5. The van der Waals surface area contributed by atoms with Gasteiger partial charge in [-0.25, -0.2) is 0 Å². The van der Waals surface area contributed by atoms with Crippen LogP contribution in [0.15, 0.2) is 22.7 Å². The molecule has 0 saturated heterocycles. The van der Waals surface area contributed by atoms with E-state index in [1.165, 1.54) is 0 Å². The number of nitrogen functional groups attached to an aromatic ring is 1. The second-order valence-electron chi connectivity index (χ2n) is 4.29. The second-order valence-corrected chi connectivity index (χ2v) is 5.15. The van der Waals surface area contributed by atoms with Gasteiger partial charge in [0.05, 0.1) is 6.10 Å². The maximum Gasteiger partial charge on any atom is 0.0518 e. The van der Waals surface area contributed by atoms with E-state index in [1.54, 1.807) is 0 Å². The lowest BCUT2D eigenvalue weighted by atomic mass is 10.2. The molecule has 4 heteroatoms. The van der Waals surface area contributed by atoms with Gasteiger partial charge in [0, 0.05) is 29.0 Å². The van der Waals surface area contributed by atoms with Crippen molar-refractivity contribution in [3.63, 3.8) is 0 Å². The molecular formula is C13H21BrN2O. The van der Waals surface area contributed by atoms with Crippen LogP contribution in [0, 0.1) is 0 Å². The van der Waals surface area contributed by atoms with Gasteiger partial charge in [0.2, 0.25) is 0 Å². The third-order valence-corrected chi connectivity index (χ3v) is 2.99. The molecule has 17 heavy (non-hydrogen) atoms. The standard InChI is InChI=1S/C13H21BrN2O/c1-10(2)17-8-4-3-7-16-13-6-5-11(15)9-12(13)14/h5-6,9-10,16H,3-4,7-8,15H2,1-2H3. The van der Waals surface area contributed by atoms with Crippen molar-refractivity contribution >= 4 is 27.3 Å². The fourth-order valence-corrected chi connectivity index (χ4v) is 1.98. The lowest BCUT2D eigenvalue weighted by molar-refractivity contribution is 0.0765. The number of halogens is 1. The summed E-state index contributed by atoms with van der Waals surface area (Å²) in [6, 6.07) is 5.79. The molecule has 0 unspecified atom stereocenters. The van der Waals surface area contributed by atoms with Crippen molar-refractivity contribution in [3.8, 4) is 0 Å². The quantitative estimate of drug-likeness (QED) is 0.597. The van der Waals surface area contributed by atoms with E-state index in [1.807, 2.05) is 18.2 Å². The van der Waals surface area contributed by atoms with Crippen LogP contribution < -0.4 is 11.1 Å². The number of anilines is 2.